The van der Waals surface area contributed by atoms with Crippen molar-refractivity contribution < 1.29 is 4.52 Å². The van der Waals surface area contributed by atoms with Crippen LogP contribution in [0.2, 0.25) is 0 Å². The number of nitrogens with one attached hydrogen (secondary N) is 1. The summed E-state index contributed by atoms with van der Waals surface area (Å²) in [5.74, 6) is 2.00. The van der Waals surface area contributed by atoms with Gasteiger partial charge in [0.1, 0.15) is 5.82 Å². The van der Waals surface area contributed by atoms with Gasteiger partial charge in [0, 0.05) is 17.8 Å². The molecule has 1 N–H and O–H groups in total. The summed E-state index contributed by atoms with van der Waals surface area (Å²) in [7, 11) is 0. The second-order valence-electron chi connectivity index (χ2n) is 6.55. The van der Waals surface area contributed by atoms with E-state index < -0.39 is 0 Å². The van der Waals surface area contributed by atoms with E-state index in [0.29, 0.717) is 17.8 Å². The lowest BCUT2D eigenvalue weighted by molar-refractivity contribution is 0.432. The van der Waals surface area contributed by atoms with Crippen molar-refractivity contribution in [3.63, 3.8) is 0 Å². The van der Waals surface area contributed by atoms with Gasteiger partial charge in [-0.25, -0.2) is 4.98 Å². The SMILES string of the molecule is c1ccc(-c2noc(-c3ccc(NC4CCCCCC4)nc3)n2)cc1. The molecule has 2 heterocycles. The van der Waals surface area contributed by atoms with Gasteiger partial charge in [-0.3, -0.25) is 0 Å². The Hall–Kier alpha value is -2.69. The Labute approximate surface area is 147 Å². The third-order valence-electron chi connectivity index (χ3n) is 4.68. The van der Waals surface area contributed by atoms with Gasteiger partial charge in [0.25, 0.3) is 5.89 Å². The lowest BCUT2D eigenvalue weighted by Crippen LogP contribution is -2.18. The van der Waals surface area contributed by atoms with Crippen LogP contribution in [0.3, 0.4) is 0 Å². The van der Waals surface area contributed by atoms with Gasteiger partial charge in [0.2, 0.25) is 5.82 Å². The fraction of sp³-hybridized carbons (Fsp3) is 0.350. The van der Waals surface area contributed by atoms with Gasteiger partial charge in [-0.05, 0) is 25.0 Å². The summed E-state index contributed by atoms with van der Waals surface area (Å²) in [6, 6.07) is 14.3. The number of hydrogen-bond donors (Lipinski definition) is 1. The van der Waals surface area contributed by atoms with Gasteiger partial charge in [0.05, 0.1) is 5.56 Å². The summed E-state index contributed by atoms with van der Waals surface area (Å²) in [4.78, 5) is 8.99. The second-order valence-corrected chi connectivity index (χ2v) is 6.55. The van der Waals surface area contributed by atoms with Crippen molar-refractivity contribution in [2.45, 2.75) is 44.6 Å². The molecule has 5 heteroatoms. The predicted molar refractivity (Wildman–Crippen MR) is 98.1 cm³/mol. The molecule has 0 bridgehead atoms. The van der Waals surface area contributed by atoms with Crippen LogP contribution in [0.15, 0.2) is 53.2 Å². The van der Waals surface area contributed by atoms with Crippen LogP contribution in [-0.4, -0.2) is 21.2 Å². The average Bonchev–Trinajstić information content (AvgIpc) is 3.02. The van der Waals surface area contributed by atoms with E-state index in [0.717, 1.165) is 16.9 Å². The molecule has 0 atom stereocenters. The Morgan fingerprint density at radius 1 is 0.880 bits per heavy atom. The van der Waals surface area contributed by atoms with Crippen molar-refractivity contribution >= 4 is 5.82 Å². The third kappa shape index (κ3) is 3.87. The van der Waals surface area contributed by atoms with Gasteiger partial charge < -0.3 is 9.84 Å². The summed E-state index contributed by atoms with van der Waals surface area (Å²) in [5.41, 5.74) is 1.78. The van der Waals surface area contributed by atoms with Gasteiger partial charge in [-0.1, -0.05) is 61.2 Å². The van der Waals surface area contributed by atoms with Crippen LogP contribution in [-0.2, 0) is 0 Å². The molecule has 4 rings (SSSR count). The summed E-state index contributed by atoms with van der Waals surface area (Å²) >= 11 is 0. The molecule has 0 spiro atoms. The first-order valence-corrected chi connectivity index (χ1v) is 9.00. The first-order chi connectivity index (χ1) is 12.4. The minimum absolute atomic E-state index is 0.493. The summed E-state index contributed by atoms with van der Waals surface area (Å²) in [5, 5.41) is 7.61. The van der Waals surface area contributed by atoms with Crippen LogP contribution in [0, 0.1) is 0 Å². The number of nitrogens with zero attached hydrogens (tertiary/aromatic N) is 3. The van der Waals surface area contributed by atoms with Gasteiger partial charge in [-0.2, -0.15) is 4.98 Å². The van der Waals surface area contributed by atoms with Crippen molar-refractivity contribution in [1.82, 2.24) is 15.1 Å². The summed E-state index contributed by atoms with van der Waals surface area (Å²) in [6.45, 7) is 0. The maximum Gasteiger partial charge on any atom is 0.259 e. The van der Waals surface area contributed by atoms with Crippen LogP contribution in [0.4, 0.5) is 5.82 Å². The Morgan fingerprint density at radius 3 is 2.40 bits per heavy atom. The number of hydrogen-bond acceptors (Lipinski definition) is 5. The summed E-state index contributed by atoms with van der Waals surface area (Å²) < 4.78 is 5.39. The van der Waals surface area contributed by atoms with Crippen molar-refractivity contribution in [1.29, 1.82) is 0 Å². The largest absolute Gasteiger partial charge is 0.367 e. The third-order valence-corrected chi connectivity index (χ3v) is 4.68. The molecule has 0 saturated heterocycles. The number of rotatable bonds is 4. The summed E-state index contributed by atoms with van der Waals surface area (Å²) in [6.07, 6.45) is 9.57. The van der Waals surface area contributed by atoms with Crippen LogP contribution >= 0.6 is 0 Å². The molecule has 1 aliphatic carbocycles. The molecule has 0 aliphatic heterocycles. The monoisotopic (exact) mass is 334 g/mol. The van der Waals surface area contributed by atoms with E-state index in [9.17, 15) is 0 Å². The molecule has 0 unspecified atom stereocenters. The molecule has 0 amide bonds. The average molecular weight is 334 g/mol. The Kier molecular flexibility index (Phi) is 4.72. The lowest BCUT2D eigenvalue weighted by atomic mass is 10.1. The molecule has 5 nitrogen and oxygen atoms in total. The number of benzene rings is 1. The number of aromatic nitrogens is 3. The van der Waals surface area contributed by atoms with E-state index >= 15 is 0 Å². The molecule has 1 saturated carbocycles. The molecule has 1 aliphatic rings. The van der Waals surface area contributed by atoms with Crippen LogP contribution in [0.25, 0.3) is 22.8 Å². The molecule has 3 aromatic rings. The second kappa shape index (κ2) is 7.47. The van der Waals surface area contributed by atoms with Gasteiger partial charge in [0.15, 0.2) is 0 Å². The zero-order valence-corrected chi connectivity index (χ0v) is 14.2. The highest BCUT2D eigenvalue weighted by atomic mass is 16.5. The smallest absolute Gasteiger partial charge is 0.259 e. The standard InChI is InChI=1S/C20H22N4O/c1-2-7-11-17(10-6-1)22-18-13-12-16(14-21-18)20-23-19(24-25-20)15-8-4-3-5-9-15/h3-5,8-9,12-14,17H,1-2,6-7,10-11H2,(H,21,22). The quantitative estimate of drug-likeness (QED) is 0.685. The Morgan fingerprint density at radius 2 is 1.68 bits per heavy atom. The molecule has 0 radical (unpaired) electrons. The van der Waals surface area contributed by atoms with Crippen LogP contribution in [0.1, 0.15) is 38.5 Å². The topological polar surface area (TPSA) is 63.8 Å². The minimum Gasteiger partial charge on any atom is -0.367 e. The van der Waals surface area contributed by atoms with Gasteiger partial charge >= 0.3 is 0 Å². The van der Waals surface area contributed by atoms with Crippen LogP contribution in [0.5, 0.6) is 0 Å². The van der Waals surface area contributed by atoms with E-state index in [-0.39, 0.29) is 0 Å². The molecule has 25 heavy (non-hydrogen) atoms. The van der Waals surface area contributed by atoms with Crippen molar-refractivity contribution in [3.8, 4) is 22.8 Å². The molecular formula is C20H22N4O. The molecule has 1 aromatic carbocycles. The normalized spacial score (nSPS) is 15.7. The highest BCUT2D eigenvalue weighted by molar-refractivity contribution is 5.60. The van der Waals surface area contributed by atoms with E-state index in [1.165, 1.54) is 38.5 Å². The maximum absolute atomic E-state index is 5.39. The van der Waals surface area contributed by atoms with E-state index in [1.54, 1.807) is 6.20 Å². The van der Waals surface area contributed by atoms with E-state index in [1.807, 2.05) is 42.5 Å². The number of pyridine rings is 1. The van der Waals surface area contributed by atoms with Crippen molar-refractivity contribution in [2.75, 3.05) is 5.32 Å². The Bertz CT molecular complexity index is 790. The number of anilines is 1. The highest BCUT2D eigenvalue weighted by Crippen LogP contribution is 2.24. The molecule has 128 valence electrons. The molecule has 1 fully saturated rings. The zero-order chi connectivity index (χ0) is 16.9. The van der Waals surface area contributed by atoms with Crippen LogP contribution < -0.4 is 5.32 Å². The highest BCUT2D eigenvalue weighted by Gasteiger charge is 2.14. The predicted octanol–water partition coefficient (Wildman–Crippen LogP) is 4.93. The minimum atomic E-state index is 0.493. The molecular weight excluding hydrogens is 312 g/mol. The van der Waals surface area contributed by atoms with E-state index in [4.69, 9.17) is 4.52 Å². The van der Waals surface area contributed by atoms with Crippen molar-refractivity contribution in [3.05, 3.63) is 48.7 Å². The molecule has 2 aromatic heterocycles. The zero-order valence-electron chi connectivity index (χ0n) is 14.2. The Balaban J connectivity index is 1.46. The van der Waals surface area contributed by atoms with Gasteiger partial charge in [-0.15, -0.1) is 0 Å². The van der Waals surface area contributed by atoms with Crippen molar-refractivity contribution in [2.24, 2.45) is 0 Å². The fourth-order valence-electron chi connectivity index (χ4n) is 3.28. The van der Waals surface area contributed by atoms with E-state index in [2.05, 4.69) is 20.4 Å². The maximum atomic E-state index is 5.39. The lowest BCUT2D eigenvalue weighted by Gasteiger charge is -2.16. The first kappa shape index (κ1) is 15.8. The fourth-order valence-corrected chi connectivity index (χ4v) is 3.28. The first-order valence-electron chi connectivity index (χ1n) is 9.00.